The molecule has 0 radical (unpaired) electrons. The van der Waals surface area contributed by atoms with Gasteiger partial charge in [-0.3, -0.25) is 9.59 Å². The normalized spacial score (nSPS) is 20.7. The van der Waals surface area contributed by atoms with Gasteiger partial charge in [-0.25, -0.2) is 4.39 Å². The number of benzene rings is 1. The van der Waals surface area contributed by atoms with E-state index < -0.39 is 0 Å². The highest BCUT2D eigenvalue weighted by molar-refractivity contribution is 7.13. The molecule has 2 atom stereocenters. The van der Waals surface area contributed by atoms with Crippen molar-refractivity contribution in [3.05, 3.63) is 81.3 Å². The lowest BCUT2D eigenvalue weighted by molar-refractivity contribution is 0.0594. The molecule has 2 aromatic heterocycles. The first-order valence-corrected chi connectivity index (χ1v) is 10.3. The predicted octanol–water partition coefficient (Wildman–Crippen LogP) is 3.98. The van der Waals surface area contributed by atoms with Crippen molar-refractivity contribution in [2.24, 2.45) is 5.92 Å². The highest BCUT2D eigenvalue weighted by Gasteiger charge is 2.37. The van der Waals surface area contributed by atoms with Gasteiger partial charge in [-0.2, -0.15) is 0 Å². The number of amides is 1. The number of hydrogen-bond acceptors (Lipinski definition) is 3. The third-order valence-corrected chi connectivity index (χ3v) is 6.67. The van der Waals surface area contributed by atoms with Gasteiger partial charge in [0.15, 0.2) is 0 Å². The van der Waals surface area contributed by atoms with Crippen molar-refractivity contribution in [2.75, 3.05) is 13.1 Å². The number of carbonyl (C=O) groups excluding carboxylic acids is 1. The molecule has 1 aromatic carbocycles. The summed E-state index contributed by atoms with van der Waals surface area (Å²) in [6.07, 6.45) is 0.991. The van der Waals surface area contributed by atoms with Crippen LogP contribution >= 0.6 is 11.3 Å². The average molecular weight is 394 g/mol. The minimum atomic E-state index is -0.345. The molecule has 3 aromatic rings. The summed E-state index contributed by atoms with van der Waals surface area (Å²) in [6.45, 7) is 1.85. The summed E-state index contributed by atoms with van der Waals surface area (Å²) < 4.78 is 15.1. The first-order chi connectivity index (χ1) is 13.6. The zero-order valence-corrected chi connectivity index (χ0v) is 16.0. The van der Waals surface area contributed by atoms with Gasteiger partial charge in [0, 0.05) is 41.7 Å². The lowest BCUT2D eigenvalue weighted by Crippen LogP contribution is -2.49. The average Bonchev–Trinajstić information content (AvgIpc) is 3.23. The zero-order chi connectivity index (χ0) is 19.3. The lowest BCUT2D eigenvalue weighted by Gasteiger charge is -2.43. The van der Waals surface area contributed by atoms with Crippen molar-refractivity contribution in [2.45, 2.75) is 18.9 Å². The summed E-state index contributed by atoms with van der Waals surface area (Å²) in [7, 11) is 0. The van der Waals surface area contributed by atoms with Crippen molar-refractivity contribution in [3.8, 4) is 10.4 Å². The van der Waals surface area contributed by atoms with E-state index in [1.54, 1.807) is 11.3 Å². The van der Waals surface area contributed by atoms with Gasteiger partial charge in [0.25, 0.3) is 11.5 Å². The van der Waals surface area contributed by atoms with Gasteiger partial charge in [-0.05, 0) is 60.2 Å². The first kappa shape index (κ1) is 17.4. The van der Waals surface area contributed by atoms with Crippen LogP contribution in [0.25, 0.3) is 10.4 Å². The van der Waals surface area contributed by atoms with Gasteiger partial charge in [-0.15, -0.1) is 11.3 Å². The van der Waals surface area contributed by atoms with Crippen LogP contribution in [0.5, 0.6) is 0 Å². The zero-order valence-electron chi connectivity index (χ0n) is 15.2. The summed E-state index contributed by atoms with van der Waals surface area (Å²) in [4.78, 5) is 28.8. The highest BCUT2D eigenvalue weighted by atomic mass is 32.1. The van der Waals surface area contributed by atoms with Crippen LogP contribution in [0.1, 0.15) is 28.4 Å². The number of rotatable bonds is 2. The number of halogens is 1. The van der Waals surface area contributed by atoms with Gasteiger partial charge in [0.2, 0.25) is 0 Å². The molecule has 5 rings (SSSR count). The molecule has 6 heteroatoms. The number of pyridine rings is 1. The van der Waals surface area contributed by atoms with E-state index in [4.69, 9.17) is 0 Å². The molecular weight excluding hydrogens is 375 g/mol. The van der Waals surface area contributed by atoms with Gasteiger partial charge >= 0.3 is 0 Å². The molecule has 1 amide bonds. The van der Waals surface area contributed by atoms with E-state index >= 15 is 0 Å². The number of aromatic nitrogens is 1. The number of fused-ring (bicyclic) bond motifs is 4. The Morgan fingerprint density at radius 3 is 2.61 bits per heavy atom. The molecule has 0 spiro atoms. The Labute approximate surface area is 165 Å². The highest BCUT2D eigenvalue weighted by Crippen LogP contribution is 2.36. The van der Waals surface area contributed by atoms with Crippen LogP contribution < -0.4 is 5.56 Å². The maximum atomic E-state index is 13.2. The van der Waals surface area contributed by atoms with Crippen LogP contribution in [0.15, 0.2) is 58.7 Å². The van der Waals surface area contributed by atoms with E-state index in [1.807, 2.05) is 39.1 Å². The fourth-order valence-electron chi connectivity index (χ4n) is 4.51. The fourth-order valence-corrected chi connectivity index (χ4v) is 5.25. The largest absolute Gasteiger partial charge is 0.338 e. The summed E-state index contributed by atoms with van der Waals surface area (Å²) in [5.41, 5.74) is 2.33. The molecular formula is C22H19FN2O2S. The standard InChI is InChI=1S/C22H19FN2O2S/c23-17-5-3-15(4-6-17)21(26)24-11-14-10-16(13-24)19-8-7-18(20-2-1-9-28-20)22(27)25(19)12-14/h1-9,14,16H,10-13H2/t14-,16-/m1/s1. The second-order valence-corrected chi connectivity index (χ2v) is 8.53. The minimum Gasteiger partial charge on any atom is -0.338 e. The number of nitrogens with zero attached hydrogens (tertiary/aromatic N) is 2. The molecule has 4 heterocycles. The smallest absolute Gasteiger partial charge is 0.259 e. The molecule has 1 saturated heterocycles. The van der Waals surface area contributed by atoms with E-state index in [1.165, 1.54) is 24.3 Å². The molecule has 0 aliphatic carbocycles. The van der Waals surface area contributed by atoms with E-state index in [0.717, 1.165) is 22.6 Å². The van der Waals surface area contributed by atoms with Crippen LogP contribution in [-0.2, 0) is 6.54 Å². The Kier molecular flexibility index (Phi) is 4.16. The molecule has 4 nitrogen and oxygen atoms in total. The second-order valence-electron chi connectivity index (χ2n) is 7.58. The van der Waals surface area contributed by atoms with Gasteiger partial charge in [-0.1, -0.05) is 6.07 Å². The monoisotopic (exact) mass is 394 g/mol. The van der Waals surface area contributed by atoms with Crippen LogP contribution in [0.4, 0.5) is 4.39 Å². The Balaban J connectivity index is 1.45. The number of likely N-dealkylation sites (tertiary alicyclic amines) is 1. The molecule has 0 saturated carbocycles. The van der Waals surface area contributed by atoms with Crippen molar-refractivity contribution in [1.82, 2.24) is 9.47 Å². The number of carbonyl (C=O) groups is 1. The number of thiophene rings is 1. The fraction of sp³-hybridized carbons (Fsp3) is 0.273. The van der Waals surface area contributed by atoms with Gasteiger partial charge in [0.1, 0.15) is 5.82 Å². The molecule has 2 bridgehead atoms. The Bertz CT molecular complexity index is 1090. The minimum absolute atomic E-state index is 0.0629. The van der Waals surface area contributed by atoms with E-state index in [9.17, 15) is 14.0 Å². The number of hydrogen-bond donors (Lipinski definition) is 0. The van der Waals surface area contributed by atoms with E-state index in [0.29, 0.717) is 25.2 Å². The SMILES string of the molecule is O=C(c1ccc(F)cc1)N1C[C@H]2C[C@H](C1)c1ccc(-c3cccs3)c(=O)n1C2. The summed E-state index contributed by atoms with van der Waals surface area (Å²) in [6, 6.07) is 13.6. The molecule has 142 valence electrons. The predicted molar refractivity (Wildman–Crippen MR) is 107 cm³/mol. The summed E-state index contributed by atoms with van der Waals surface area (Å²) in [5, 5.41) is 1.98. The van der Waals surface area contributed by atoms with E-state index in [-0.39, 0.29) is 29.1 Å². The van der Waals surface area contributed by atoms with Crippen LogP contribution in [-0.4, -0.2) is 28.5 Å². The van der Waals surface area contributed by atoms with E-state index in [2.05, 4.69) is 0 Å². The Morgan fingerprint density at radius 2 is 1.86 bits per heavy atom. The van der Waals surface area contributed by atoms with Crippen molar-refractivity contribution < 1.29 is 9.18 Å². The topological polar surface area (TPSA) is 42.3 Å². The van der Waals surface area contributed by atoms with Crippen LogP contribution in [0.2, 0.25) is 0 Å². The summed E-state index contributed by atoms with van der Waals surface area (Å²) >= 11 is 1.57. The van der Waals surface area contributed by atoms with Gasteiger partial charge in [0.05, 0.1) is 5.56 Å². The third-order valence-electron chi connectivity index (χ3n) is 5.77. The quantitative estimate of drug-likeness (QED) is 0.660. The van der Waals surface area contributed by atoms with Crippen LogP contribution in [0.3, 0.4) is 0 Å². The summed E-state index contributed by atoms with van der Waals surface area (Å²) in [5.74, 6) is -0.00321. The maximum absolute atomic E-state index is 13.2. The molecule has 2 aliphatic heterocycles. The molecule has 1 fully saturated rings. The second kappa shape index (κ2) is 6.71. The first-order valence-electron chi connectivity index (χ1n) is 9.42. The third kappa shape index (κ3) is 2.88. The lowest BCUT2D eigenvalue weighted by atomic mass is 9.82. The molecule has 0 N–H and O–H groups in total. The number of piperidine rings is 1. The van der Waals surface area contributed by atoms with Crippen molar-refractivity contribution in [1.29, 1.82) is 0 Å². The Hall–Kier alpha value is -2.73. The Morgan fingerprint density at radius 1 is 1.04 bits per heavy atom. The van der Waals surface area contributed by atoms with Crippen molar-refractivity contribution in [3.63, 3.8) is 0 Å². The van der Waals surface area contributed by atoms with Gasteiger partial charge < -0.3 is 9.47 Å². The maximum Gasteiger partial charge on any atom is 0.259 e. The van der Waals surface area contributed by atoms with Crippen molar-refractivity contribution >= 4 is 17.2 Å². The molecule has 0 unspecified atom stereocenters. The van der Waals surface area contributed by atoms with Crippen LogP contribution in [0, 0.1) is 11.7 Å². The molecule has 2 aliphatic rings. The molecule has 28 heavy (non-hydrogen) atoms.